The number of carbonyl (C=O) groups is 1. The van der Waals surface area contributed by atoms with Crippen molar-refractivity contribution in [3.05, 3.63) is 48.5 Å². The summed E-state index contributed by atoms with van der Waals surface area (Å²) in [6, 6.07) is 9.26. The van der Waals surface area contributed by atoms with Gasteiger partial charge in [-0.15, -0.1) is 0 Å². The maximum atomic E-state index is 12.6. The lowest BCUT2D eigenvalue weighted by Gasteiger charge is -2.27. The van der Waals surface area contributed by atoms with Crippen LogP contribution in [0.15, 0.2) is 43.0 Å². The first-order valence-corrected chi connectivity index (χ1v) is 14.3. The zero-order valence-corrected chi connectivity index (χ0v) is 23.1. The van der Waals surface area contributed by atoms with Crippen molar-refractivity contribution in [1.82, 2.24) is 24.6 Å². The van der Waals surface area contributed by atoms with Crippen LogP contribution in [0.1, 0.15) is 25.8 Å². The Morgan fingerprint density at radius 2 is 1.95 bits per heavy atom. The maximum absolute atomic E-state index is 12.6. The number of nitrogens with one attached hydrogen (secondary N) is 1. The molecule has 0 saturated carbocycles. The molecule has 2 aromatic heterocycles. The number of imidazole rings is 1. The Morgan fingerprint density at radius 1 is 1.21 bits per heavy atom. The van der Waals surface area contributed by atoms with E-state index in [1.165, 1.54) is 6.33 Å². The summed E-state index contributed by atoms with van der Waals surface area (Å²) in [5, 5.41) is 14.5. The molecule has 210 valence electrons. The summed E-state index contributed by atoms with van der Waals surface area (Å²) >= 11 is 1.60. The molecule has 5 atom stereocenters. The first-order valence-electron chi connectivity index (χ1n) is 12.9. The van der Waals surface area contributed by atoms with Crippen molar-refractivity contribution in [1.29, 1.82) is 0 Å². The number of amides is 1. The van der Waals surface area contributed by atoms with Gasteiger partial charge in [0.05, 0.1) is 25.5 Å². The van der Waals surface area contributed by atoms with Gasteiger partial charge in [-0.25, -0.2) is 20.0 Å². The fourth-order valence-electron chi connectivity index (χ4n) is 5.00. The average Bonchev–Trinajstić information content (AvgIpc) is 3.58. The van der Waals surface area contributed by atoms with Gasteiger partial charge in [-0.05, 0) is 37.8 Å². The highest BCUT2D eigenvalue weighted by Gasteiger charge is 2.55. The van der Waals surface area contributed by atoms with Crippen molar-refractivity contribution in [3.63, 3.8) is 0 Å². The number of thioether (sulfide) groups is 1. The molecule has 0 aliphatic carbocycles. The highest BCUT2D eigenvalue weighted by Crippen LogP contribution is 2.39. The van der Waals surface area contributed by atoms with Gasteiger partial charge < -0.3 is 29.8 Å². The normalized spacial score (nSPS) is 24.5. The van der Waals surface area contributed by atoms with Crippen LogP contribution in [0.3, 0.4) is 0 Å². The monoisotopic (exact) mass is 557 g/mol. The second-order valence-corrected chi connectivity index (χ2v) is 11.2. The minimum Gasteiger partial charge on any atom is -0.366 e. The quantitative estimate of drug-likeness (QED) is 0.235. The molecule has 0 bridgehead atoms. The highest BCUT2D eigenvalue weighted by atomic mass is 32.2. The van der Waals surface area contributed by atoms with Gasteiger partial charge in [-0.2, -0.15) is 11.8 Å². The molecule has 13 heteroatoms. The number of hydrogen-bond donors (Lipinski definition) is 3. The molecule has 0 radical (unpaired) electrons. The Labute approximate surface area is 231 Å². The lowest BCUT2D eigenvalue weighted by Crippen LogP contribution is -2.47. The van der Waals surface area contributed by atoms with Gasteiger partial charge in [0.15, 0.2) is 17.3 Å². The lowest BCUT2D eigenvalue weighted by atomic mass is 10.1. The maximum Gasteiger partial charge on any atom is 0.262 e. The fraction of sp³-hybridized carbons (Fsp3) is 0.538. The molecule has 2 aliphatic rings. The van der Waals surface area contributed by atoms with Crippen LogP contribution in [0.25, 0.3) is 11.2 Å². The summed E-state index contributed by atoms with van der Waals surface area (Å²) in [4.78, 5) is 26.0. The largest absolute Gasteiger partial charge is 0.366 e. The molecule has 1 aromatic carbocycles. The second kappa shape index (κ2) is 11.7. The van der Waals surface area contributed by atoms with Crippen LogP contribution in [0.5, 0.6) is 0 Å². The molecule has 2 saturated heterocycles. The van der Waals surface area contributed by atoms with Gasteiger partial charge in [0.2, 0.25) is 0 Å². The molecule has 3 aromatic rings. The Morgan fingerprint density at radius 3 is 2.69 bits per heavy atom. The van der Waals surface area contributed by atoms with Crippen LogP contribution in [0.2, 0.25) is 0 Å². The third kappa shape index (κ3) is 6.18. The molecule has 12 nitrogen and oxygen atoms in total. The van der Waals surface area contributed by atoms with E-state index >= 15 is 0 Å². The molecular weight excluding hydrogens is 522 g/mol. The number of anilines is 1. The van der Waals surface area contributed by atoms with E-state index in [4.69, 9.17) is 19.9 Å². The van der Waals surface area contributed by atoms with Crippen molar-refractivity contribution < 1.29 is 24.2 Å². The van der Waals surface area contributed by atoms with E-state index in [1.807, 2.05) is 55.0 Å². The minimum absolute atomic E-state index is 0.0801. The third-order valence-corrected chi connectivity index (χ3v) is 7.53. The van der Waals surface area contributed by atoms with Crippen LogP contribution >= 0.6 is 11.8 Å². The standard InChI is InChI=1S/C26H35N7O5S/c1-26(2)37-21-18(36-19(22(21)38-26)13-33(35)25(34)17(27)9-10-39-3)12-32-15-31-20-23(29-14-30-24(20)32)28-11-16-7-5-4-6-8-16/h4-8,14-15,17-19,21-22,35H,9-13,27H2,1-3H3,(H,28,29,30)/t17-,18-,19+,21-,22+/m0/s1. The molecule has 0 unspecified atom stereocenters. The van der Waals surface area contributed by atoms with Crippen molar-refractivity contribution in [2.45, 2.75) is 69.6 Å². The fourth-order valence-corrected chi connectivity index (χ4v) is 5.49. The molecule has 2 aliphatic heterocycles. The minimum atomic E-state index is -0.831. The van der Waals surface area contributed by atoms with Gasteiger partial charge in [0.25, 0.3) is 5.91 Å². The molecule has 1 amide bonds. The molecular formula is C26H35N7O5S. The van der Waals surface area contributed by atoms with Gasteiger partial charge in [0.1, 0.15) is 36.3 Å². The molecule has 5 rings (SSSR count). The topological polar surface area (TPSA) is 150 Å². The number of hydrogen-bond acceptors (Lipinski definition) is 11. The number of nitrogens with zero attached hydrogens (tertiary/aromatic N) is 5. The summed E-state index contributed by atoms with van der Waals surface area (Å²) in [7, 11) is 0. The van der Waals surface area contributed by atoms with Crippen molar-refractivity contribution >= 4 is 34.7 Å². The summed E-state index contributed by atoms with van der Waals surface area (Å²) in [6.07, 6.45) is 3.71. The predicted molar refractivity (Wildman–Crippen MR) is 146 cm³/mol. The summed E-state index contributed by atoms with van der Waals surface area (Å²) in [6.45, 7) is 4.58. The van der Waals surface area contributed by atoms with E-state index < -0.39 is 42.2 Å². The van der Waals surface area contributed by atoms with Crippen LogP contribution in [0, 0.1) is 0 Å². The number of ether oxygens (including phenoxy) is 3. The van der Waals surface area contributed by atoms with E-state index in [1.54, 1.807) is 18.1 Å². The number of benzene rings is 1. The van der Waals surface area contributed by atoms with Crippen LogP contribution in [-0.4, -0.2) is 90.5 Å². The molecule has 2 fully saturated rings. The average molecular weight is 558 g/mol. The van der Waals surface area contributed by atoms with Crippen molar-refractivity contribution in [2.75, 3.05) is 23.9 Å². The Balaban J connectivity index is 1.29. The van der Waals surface area contributed by atoms with Crippen LogP contribution in [0.4, 0.5) is 5.82 Å². The molecule has 39 heavy (non-hydrogen) atoms. The van der Waals surface area contributed by atoms with Crippen LogP contribution < -0.4 is 11.1 Å². The van der Waals surface area contributed by atoms with Crippen molar-refractivity contribution in [3.8, 4) is 0 Å². The lowest BCUT2D eigenvalue weighted by molar-refractivity contribution is -0.202. The Bertz CT molecular complexity index is 1280. The Hall–Kier alpha value is -2.81. The SMILES string of the molecule is CSCC[C@H](N)C(=O)N(O)C[C@H]1O[C@@H](Cn2cnc3c(NCc4ccccc4)ncnc32)[C@@H]2OC(C)(C)O[C@@H]21. The predicted octanol–water partition coefficient (Wildman–Crippen LogP) is 2.02. The van der Waals surface area contributed by atoms with Gasteiger partial charge in [-0.3, -0.25) is 10.0 Å². The first kappa shape index (κ1) is 27.7. The second-order valence-electron chi connectivity index (χ2n) is 10.2. The van der Waals surface area contributed by atoms with Crippen molar-refractivity contribution in [2.24, 2.45) is 5.73 Å². The number of fused-ring (bicyclic) bond motifs is 2. The van der Waals surface area contributed by atoms with E-state index in [2.05, 4.69) is 20.3 Å². The smallest absolute Gasteiger partial charge is 0.262 e. The van der Waals surface area contributed by atoms with E-state index in [0.29, 0.717) is 41.6 Å². The number of rotatable bonds is 11. The zero-order valence-electron chi connectivity index (χ0n) is 22.3. The summed E-state index contributed by atoms with van der Waals surface area (Å²) in [5.74, 6) is -0.00876. The van der Waals surface area contributed by atoms with E-state index in [-0.39, 0.29) is 6.54 Å². The number of nitrogens with two attached hydrogens (primary N) is 1. The van der Waals surface area contributed by atoms with Gasteiger partial charge in [0, 0.05) is 6.54 Å². The van der Waals surface area contributed by atoms with E-state index in [9.17, 15) is 10.0 Å². The number of carbonyl (C=O) groups excluding carboxylic acids is 1. The highest BCUT2D eigenvalue weighted by molar-refractivity contribution is 7.98. The number of hydroxylamine groups is 2. The third-order valence-electron chi connectivity index (χ3n) is 6.88. The summed E-state index contributed by atoms with van der Waals surface area (Å²) in [5.41, 5.74) is 8.41. The molecule has 4 N–H and O–H groups in total. The summed E-state index contributed by atoms with van der Waals surface area (Å²) < 4.78 is 20.5. The first-order chi connectivity index (χ1) is 18.8. The Kier molecular flexibility index (Phi) is 8.35. The van der Waals surface area contributed by atoms with Gasteiger partial charge >= 0.3 is 0 Å². The van der Waals surface area contributed by atoms with Crippen LogP contribution in [-0.2, 0) is 32.1 Å². The zero-order chi connectivity index (χ0) is 27.6. The molecule has 4 heterocycles. The number of aromatic nitrogens is 4. The molecule has 0 spiro atoms. The van der Waals surface area contributed by atoms with E-state index in [0.717, 1.165) is 11.3 Å². The van der Waals surface area contributed by atoms with Gasteiger partial charge in [-0.1, -0.05) is 30.3 Å².